The summed E-state index contributed by atoms with van der Waals surface area (Å²) in [6.07, 6.45) is 1.62. The number of rotatable bonds is 11. The number of methoxy groups -OCH3 is 1. The zero-order chi connectivity index (χ0) is 23.7. The molecule has 3 rings (SSSR count). The van der Waals surface area contributed by atoms with E-state index in [-0.39, 0.29) is 5.91 Å². The van der Waals surface area contributed by atoms with Crippen molar-refractivity contribution in [1.29, 1.82) is 0 Å². The molecule has 0 radical (unpaired) electrons. The summed E-state index contributed by atoms with van der Waals surface area (Å²) in [5, 5.41) is 14.3. The summed E-state index contributed by atoms with van der Waals surface area (Å²) in [6, 6.07) is 24.3. The Hall–Kier alpha value is -3.31. The lowest BCUT2D eigenvalue weighted by Crippen LogP contribution is -2.53. The second-order valence-electron chi connectivity index (χ2n) is 8.19. The van der Waals surface area contributed by atoms with Gasteiger partial charge in [0.2, 0.25) is 0 Å². The molecule has 0 aliphatic carbocycles. The van der Waals surface area contributed by atoms with Gasteiger partial charge in [-0.15, -0.1) is 0 Å². The first-order chi connectivity index (χ1) is 16.0. The molecule has 0 aliphatic heterocycles. The van der Waals surface area contributed by atoms with Crippen LogP contribution in [-0.4, -0.2) is 29.8 Å². The third-order valence-electron chi connectivity index (χ3n) is 6.14. The van der Waals surface area contributed by atoms with E-state index in [2.05, 4.69) is 5.32 Å². The van der Waals surface area contributed by atoms with Crippen LogP contribution < -0.4 is 14.8 Å². The van der Waals surface area contributed by atoms with E-state index in [4.69, 9.17) is 9.47 Å². The molecule has 3 aromatic carbocycles. The lowest BCUT2D eigenvalue weighted by molar-refractivity contribution is -0.00491. The molecule has 0 saturated carbocycles. The van der Waals surface area contributed by atoms with Crippen LogP contribution in [0.15, 0.2) is 78.9 Å². The number of benzene rings is 3. The topological polar surface area (TPSA) is 67.8 Å². The van der Waals surface area contributed by atoms with Crippen molar-refractivity contribution in [3.05, 3.63) is 95.6 Å². The number of carbonyl (C=O) groups is 1. The van der Waals surface area contributed by atoms with Crippen molar-refractivity contribution >= 4 is 5.91 Å². The van der Waals surface area contributed by atoms with Crippen molar-refractivity contribution < 1.29 is 19.4 Å². The molecule has 5 heteroatoms. The fraction of sp³-hybridized carbons (Fsp3) is 0.321. The lowest BCUT2D eigenvalue weighted by atomic mass is 9.84. The van der Waals surface area contributed by atoms with E-state index in [1.165, 1.54) is 0 Å². The molecule has 2 N–H and O–H groups in total. The largest absolute Gasteiger partial charge is 0.497 e. The monoisotopic (exact) mass is 447 g/mol. The van der Waals surface area contributed by atoms with Crippen LogP contribution in [0.4, 0.5) is 0 Å². The highest BCUT2D eigenvalue weighted by Crippen LogP contribution is 2.24. The minimum atomic E-state index is -0.992. The molecule has 174 valence electrons. The summed E-state index contributed by atoms with van der Waals surface area (Å²) >= 11 is 0. The molecular formula is C28H33NO4. The minimum Gasteiger partial charge on any atom is -0.497 e. The highest BCUT2D eigenvalue weighted by atomic mass is 16.5. The van der Waals surface area contributed by atoms with E-state index in [0.717, 1.165) is 22.6 Å². The van der Waals surface area contributed by atoms with Crippen LogP contribution in [-0.2, 0) is 13.0 Å². The van der Waals surface area contributed by atoms with Crippen LogP contribution in [0.25, 0.3) is 0 Å². The Kier molecular flexibility index (Phi) is 8.50. The van der Waals surface area contributed by atoms with Gasteiger partial charge < -0.3 is 19.9 Å². The summed E-state index contributed by atoms with van der Waals surface area (Å²) in [6.45, 7) is 4.35. The van der Waals surface area contributed by atoms with Crippen LogP contribution >= 0.6 is 0 Å². The first kappa shape index (κ1) is 24.3. The molecule has 0 spiro atoms. The molecule has 33 heavy (non-hydrogen) atoms. The normalized spacial score (nSPS) is 12.1. The van der Waals surface area contributed by atoms with Gasteiger partial charge in [0.15, 0.2) is 0 Å². The number of amides is 1. The fourth-order valence-electron chi connectivity index (χ4n) is 3.80. The maximum absolute atomic E-state index is 12.8. The minimum absolute atomic E-state index is 0.180. The van der Waals surface area contributed by atoms with Gasteiger partial charge in [-0.25, -0.2) is 0 Å². The molecule has 0 fully saturated rings. The number of ether oxygens (including phenoxy) is 2. The van der Waals surface area contributed by atoms with Crippen molar-refractivity contribution in [3.8, 4) is 11.5 Å². The van der Waals surface area contributed by atoms with Crippen LogP contribution in [0.5, 0.6) is 11.5 Å². The van der Waals surface area contributed by atoms with Gasteiger partial charge in [0.1, 0.15) is 18.1 Å². The van der Waals surface area contributed by atoms with Crippen molar-refractivity contribution in [3.63, 3.8) is 0 Å². The van der Waals surface area contributed by atoms with Gasteiger partial charge in [-0.2, -0.15) is 0 Å². The van der Waals surface area contributed by atoms with E-state index in [9.17, 15) is 9.90 Å². The van der Waals surface area contributed by atoms with E-state index >= 15 is 0 Å². The average molecular weight is 448 g/mol. The summed E-state index contributed by atoms with van der Waals surface area (Å²) in [5.41, 5.74) is 1.66. The molecule has 0 aromatic heterocycles. The molecule has 0 aliphatic rings. The smallest absolute Gasteiger partial charge is 0.251 e. The predicted molar refractivity (Wildman–Crippen MR) is 131 cm³/mol. The van der Waals surface area contributed by atoms with Gasteiger partial charge in [-0.05, 0) is 66.8 Å². The quantitative estimate of drug-likeness (QED) is 0.426. The summed E-state index contributed by atoms with van der Waals surface area (Å²) < 4.78 is 11.1. The molecule has 0 bridgehead atoms. The number of hydrogen-bond donors (Lipinski definition) is 2. The average Bonchev–Trinajstić information content (AvgIpc) is 2.88. The van der Waals surface area contributed by atoms with Gasteiger partial charge in [-0.3, -0.25) is 4.79 Å². The highest BCUT2D eigenvalue weighted by molar-refractivity contribution is 5.94. The second kappa shape index (κ2) is 11.5. The third kappa shape index (κ3) is 6.59. The Labute approximate surface area is 196 Å². The third-order valence-corrected chi connectivity index (χ3v) is 6.14. The van der Waals surface area contributed by atoms with Crippen LogP contribution in [0.1, 0.15) is 48.2 Å². The van der Waals surface area contributed by atoms with Gasteiger partial charge in [-0.1, -0.05) is 56.3 Å². The van der Waals surface area contributed by atoms with Crippen molar-refractivity contribution in [2.45, 2.75) is 51.4 Å². The zero-order valence-electron chi connectivity index (χ0n) is 19.6. The molecule has 0 unspecified atom stereocenters. The van der Waals surface area contributed by atoms with Gasteiger partial charge >= 0.3 is 0 Å². The lowest BCUT2D eigenvalue weighted by Gasteiger charge is -2.35. The highest BCUT2D eigenvalue weighted by Gasteiger charge is 2.34. The molecule has 1 atom stereocenters. The maximum atomic E-state index is 12.8. The molecule has 0 heterocycles. The summed E-state index contributed by atoms with van der Waals surface area (Å²) in [7, 11) is 1.65. The molecule has 1 amide bonds. The van der Waals surface area contributed by atoms with Crippen LogP contribution in [0, 0.1) is 0 Å². The standard InChI is InChI=1S/C28H33NO4/c1-4-28(31,5-2)26(29-27(30)23-9-7-6-8-10-23)19-21-11-17-25(18-12-21)33-20-22-13-15-24(32-3)16-14-22/h6-18,26,31H,4-5,19-20H2,1-3H3,(H,29,30)/t26-/m0/s1. The Morgan fingerprint density at radius 2 is 1.45 bits per heavy atom. The Morgan fingerprint density at radius 3 is 2.03 bits per heavy atom. The van der Waals surface area contributed by atoms with Gasteiger partial charge in [0.25, 0.3) is 5.91 Å². The van der Waals surface area contributed by atoms with E-state index in [1.54, 1.807) is 19.2 Å². The van der Waals surface area contributed by atoms with E-state index < -0.39 is 11.6 Å². The number of carbonyl (C=O) groups excluding carboxylic acids is 1. The predicted octanol–water partition coefficient (Wildman–Crippen LogP) is 5.17. The molecular weight excluding hydrogens is 414 g/mol. The molecule has 0 saturated heterocycles. The van der Waals surface area contributed by atoms with Gasteiger partial charge in [0.05, 0.1) is 18.8 Å². The van der Waals surface area contributed by atoms with Crippen LogP contribution in [0.2, 0.25) is 0 Å². The summed E-state index contributed by atoms with van der Waals surface area (Å²) in [5.74, 6) is 1.40. The van der Waals surface area contributed by atoms with Crippen molar-refractivity contribution in [2.24, 2.45) is 0 Å². The second-order valence-corrected chi connectivity index (χ2v) is 8.19. The molecule has 5 nitrogen and oxygen atoms in total. The number of nitrogens with one attached hydrogen (secondary N) is 1. The number of aliphatic hydroxyl groups is 1. The maximum Gasteiger partial charge on any atom is 0.251 e. The summed E-state index contributed by atoms with van der Waals surface area (Å²) in [4.78, 5) is 12.8. The SMILES string of the molecule is CCC(O)(CC)[C@H](Cc1ccc(OCc2ccc(OC)cc2)cc1)NC(=O)c1ccccc1. The fourth-order valence-corrected chi connectivity index (χ4v) is 3.80. The first-order valence-corrected chi connectivity index (χ1v) is 11.4. The van der Waals surface area contributed by atoms with E-state index in [1.807, 2.05) is 80.6 Å². The Balaban J connectivity index is 1.66. The molecule has 3 aromatic rings. The van der Waals surface area contributed by atoms with Crippen LogP contribution in [0.3, 0.4) is 0 Å². The first-order valence-electron chi connectivity index (χ1n) is 11.4. The van der Waals surface area contributed by atoms with Crippen molar-refractivity contribution in [1.82, 2.24) is 5.32 Å². The number of hydrogen-bond acceptors (Lipinski definition) is 4. The Morgan fingerprint density at radius 1 is 0.879 bits per heavy atom. The van der Waals surface area contributed by atoms with Gasteiger partial charge in [0, 0.05) is 5.56 Å². The zero-order valence-corrected chi connectivity index (χ0v) is 19.6. The van der Waals surface area contributed by atoms with E-state index in [0.29, 0.717) is 31.4 Å². The Bertz CT molecular complexity index is 996. The van der Waals surface area contributed by atoms with Crippen molar-refractivity contribution in [2.75, 3.05) is 7.11 Å².